The molecule has 7 heteroatoms. The number of benzene rings is 1. The van der Waals surface area contributed by atoms with Gasteiger partial charge in [0, 0.05) is 37.3 Å². The minimum Gasteiger partial charge on any atom is -0.497 e. The van der Waals surface area contributed by atoms with Gasteiger partial charge in [0.2, 0.25) is 0 Å². The lowest BCUT2D eigenvalue weighted by Crippen LogP contribution is -2.40. The van der Waals surface area contributed by atoms with E-state index in [1.165, 1.54) is 0 Å². The van der Waals surface area contributed by atoms with Crippen LogP contribution >= 0.6 is 0 Å². The van der Waals surface area contributed by atoms with Gasteiger partial charge in [0.05, 0.1) is 19.9 Å². The van der Waals surface area contributed by atoms with Gasteiger partial charge in [0.1, 0.15) is 17.8 Å². The van der Waals surface area contributed by atoms with Gasteiger partial charge in [-0.1, -0.05) is 5.16 Å². The lowest BCUT2D eigenvalue weighted by molar-refractivity contribution is 0.0929. The molecule has 2 aromatic rings. The van der Waals surface area contributed by atoms with E-state index in [-0.39, 0.29) is 5.91 Å². The Kier molecular flexibility index (Phi) is 6.12. The quantitative estimate of drug-likeness (QED) is 0.818. The Balaban J connectivity index is 1.54. The number of nitrogens with one attached hydrogen (secondary N) is 1. The van der Waals surface area contributed by atoms with Crippen LogP contribution in [0.2, 0.25) is 0 Å². The minimum atomic E-state index is -0.115. The smallest absolute Gasteiger partial charge is 0.251 e. The third kappa shape index (κ3) is 4.76. The topological polar surface area (TPSA) is 76.8 Å². The van der Waals surface area contributed by atoms with E-state index >= 15 is 0 Å². The van der Waals surface area contributed by atoms with Crippen LogP contribution in [0.3, 0.4) is 0 Å². The zero-order valence-electron chi connectivity index (χ0n) is 15.2. The third-order valence-electron chi connectivity index (χ3n) is 4.64. The van der Waals surface area contributed by atoms with Crippen LogP contribution in [-0.4, -0.2) is 49.8 Å². The third-order valence-corrected chi connectivity index (χ3v) is 4.64. The highest BCUT2D eigenvalue weighted by Crippen LogP contribution is 2.23. The number of amides is 1. The predicted molar refractivity (Wildman–Crippen MR) is 96.4 cm³/mol. The molecule has 1 N–H and O–H groups in total. The molecule has 1 saturated heterocycles. The first-order valence-electron chi connectivity index (χ1n) is 8.81. The zero-order valence-corrected chi connectivity index (χ0v) is 15.2. The Morgan fingerprint density at radius 2 is 2.08 bits per heavy atom. The number of rotatable bonds is 7. The number of nitrogens with zero attached hydrogens (tertiary/aromatic N) is 2. The number of hydrogen-bond acceptors (Lipinski definition) is 6. The van der Waals surface area contributed by atoms with E-state index in [1.54, 1.807) is 38.7 Å². The van der Waals surface area contributed by atoms with Crippen molar-refractivity contribution in [1.82, 2.24) is 15.4 Å². The molecule has 140 valence electrons. The summed E-state index contributed by atoms with van der Waals surface area (Å²) in [5.74, 6) is 1.51. The van der Waals surface area contributed by atoms with Gasteiger partial charge < -0.3 is 19.3 Å². The Labute approximate surface area is 153 Å². The van der Waals surface area contributed by atoms with Crippen LogP contribution in [0.25, 0.3) is 0 Å². The zero-order chi connectivity index (χ0) is 18.4. The van der Waals surface area contributed by atoms with Crippen molar-refractivity contribution in [3.63, 3.8) is 0 Å². The highest BCUT2D eigenvalue weighted by molar-refractivity contribution is 5.95. The second kappa shape index (κ2) is 8.71. The standard InChI is InChI=1S/C19H25N3O4/c1-24-17-8-15(9-18(10-17)25-2)19(23)20-11-14-4-3-6-22(12-14)13-16-5-7-26-21-16/h5,7-10,14H,3-4,6,11-13H2,1-2H3,(H,20,23)/t14-/m1/s1. The first-order valence-corrected chi connectivity index (χ1v) is 8.81. The summed E-state index contributed by atoms with van der Waals surface area (Å²) in [4.78, 5) is 14.9. The van der Waals surface area contributed by atoms with Gasteiger partial charge in [0.15, 0.2) is 0 Å². The first-order chi connectivity index (χ1) is 12.7. The first kappa shape index (κ1) is 18.3. The number of piperidine rings is 1. The molecule has 0 aliphatic carbocycles. The van der Waals surface area contributed by atoms with Gasteiger partial charge in [-0.15, -0.1) is 0 Å². The maximum absolute atomic E-state index is 12.5. The van der Waals surface area contributed by atoms with Crippen molar-refractivity contribution < 1.29 is 18.8 Å². The fourth-order valence-electron chi connectivity index (χ4n) is 3.29. The van der Waals surface area contributed by atoms with Gasteiger partial charge in [0.25, 0.3) is 5.91 Å². The Morgan fingerprint density at radius 1 is 1.31 bits per heavy atom. The molecule has 0 bridgehead atoms. The Hall–Kier alpha value is -2.54. The van der Waals surface area contributed by atoms with Gasteiger partial charge in [-0.05, 0) is 37.4 Å². The van der Waals surface area contributed by atoms with Gasteiger partial charge in [-0.2, -0.15) is 0 Å². The second-order valence-corrected chi connectivity index (χ2v) is 6.55. The van der Waals surface area contributed by atoms with E-state index in [4.69, 9.17) is 14.0 Å². The molecule has 1 aliphatic rings. The SMILES string of the molecule is COc1cc(OC)cc(C(=O)NC[C@H]2CCCN(Cc3ccon3)C2)c1. The number of likely N-dealkylation sites (tertiary alicyclic amines) is 1. The summed E-state index contributed by atoms with van der Waals surface area (Å²) >= 11 is 0. The molecule has 0 spiro atoms. The largest absolute Gasteiger partial charge is 0.497 e. The Bertz CT molecular complexity index is 695. The molecule has 0 unspecified atom stereocenters. The molecule has 2 heterocycles. The number of ether oxygens (including phenoxy) is 2. The van der Waals surface area contributed by atoms with Crippen molar-refractivity contribution in [3.8, 4) is 11.5 Å². The van der Waals surface area contributed by atoms with Crippen molar-refractivity contribution in [2.45, 2.75) is 19.4 Å². The van der Waals surface area contributed by atoms with Gasteiger partial charge in [-0.3, -0.25) is 9.69 Å². The van der Waals surface area contributed by atoms with Crippen LogP contribution in [0.1, 0.15) is 28.9 Å². The molecule has 1 aromatic carbocycles. The second-order valence-electron chi connectivity index (χ2n) is 6.55. The molecule has 1 aliphatic heterocycles. The van der Waals surface area contributed by atoms with E-state index in [0.29, 0.717) is 29.5 Å². The fourth-order valence-corrected chi connectivity index (χ4v) is 3.29. The summed E-state index contributed by atoms with van der Waals surface area (Å²) < 4.78 is 15.3. The van der Waals surface area contributed by atoms with E-state index < -0.39 is 0 Å². The van der Waals surface area contributed by atoms with Gasteiger partial charge >= 0.3 is 0 Å². The van der Waals surface area contributed by atoms with E-state index in [9.17, 15) is 4.79 Å². The molecule has 0 radical (unpaired) electrons. The summed E-state index contributed by atoms with van der Waals surface area (Å²) in [6.07, 6.45) is 3.82. The van der Waals surface area contributed by atoms with Crippen LogP contribution in [0.4, 0.5) is 0 Å². The molecule has 1 amide bonds. The van der Waals surface area contributed by atoms with Gasteiger partial charge in [-0.25, -0.2) is 0 Å². The fraction of sp³-hybridized carbons (Fsp3) is 0.474. The number of aromatic nitrogens is 1. The Morgan fingerprint density at radius 3 is 2.73 bits per heavy atom. The van der Waals surface area contributed by atoms with E-state index in [2.05, 4.69) is 15.4 Å². The molecule has 3 rings (SSSR count). The molecule has 26 heavy (non-hydrogen) atoms. The lowest BCUT2D eigenvalue weighted by Gasteiger charge is -2.32. The molecular formula is C19H25N3O4. The lowest BCUT2D eigenvalue weighted by atomic mass is 9.97. The number of carbonyl (C=O) groups excluding carboxylic acids is 1. The number of carbonyl (C=O) groups is 1. The summed E-state index contributed by atoms with van der Waals surface area (Å²) in [5, 5.41) is 7.01. The van der Waals surface area contributed by atoms with E-state index in [0.717, 1.165) is 38.2 Å². The summed E-state index contributed by atoms with van der Waals surface area (Å²) in [5.41, 5.74) is 1.48. The van der Waals surface area contributed by atoms with Crippen molar-refractivity contribution >= 4 is 5.91 Å². The number of methoxy groups -OCH3 is 2. The van der Waals surface area contributed by atoms with Crippen LogP contribution < -0.4 is 14.8 Å². The summed E-state index contributed by atoms with van der Waals surface area (Å²) in [6, 6.07) is 7.08. The molecule has 1 fully saturated rings. The average Bonchev–Trinajstić information content (AvgIpc) is 3.19. The highest BCUT2D eigenvalue weighted by Gasteiger charge is 2.21. The average molecular weight is 359 g/mol. The number of hydrogen-bond donors (Lipinski definition) is 1. The maximum Gasteiger partial charge on any atom is 0.251 e. The van der Waals surface area contributed by atoms with Crippen LogP contribution in [-0.2, 0) is 6.54 Å². The van der Waals surface area contributed by atoms with Crippen molar-refractivity contribution in [3.05, 3.63) is 41.8 Å². The van der Waals surface area contributed by atoms with Crippen molar-refractivity contribution in [1.29, 1.82) is 0 Å². The normalized spacial score (nSPS) is 17.7. The predicted octanol–water partition coefficient (Wildman–Crippen LogP) is 2.33. The molecule has 0 saturated carbocycles. The maximum atomic E-state index is 12.5. The molecule has 1 aromatic heterocycles. The van der Waals surface area contributed by atoms with Crippen LogP contribution in [0.15, 0.2) is 35.1 Å². The molecule has 7 nitrogen and oxygen atoms in total. The minimum absolute atomic E-state index is 0.115. The monoisotopic (exact) mass is 359 g/mol. The summed E-state index contributed by atoms with van der Waals surface area (Å²) in [6.45, 7) is 3.42. The highest BCUT2D eigenvalue weighted by atomic mass is 16.5. The van der Waals surface area contributed by atoms with Crippen molar-refractivity contribution in [2.75, 3.05) is 33.9 Å². The van der Waals surface area contributed by atoms with Crippen LogP contribution in [0, 0.1) is 5.92 Å². The van der Waals surface area contributed by atoms with Crippen LogP contribution in [0.5, 0.6) is 11.5 Å². The molecular weight excluding hydrogens is 334 g/mol. The summed E-state index contributed by atoms with van der Waals surface area (Å²) in [7, 11) is 3.14. The van der Waals surface area contributed by atoms with Crippen molar-refractivity contribution in [2.24, 2.45) is 5.92 Å². The molecule has 1 atom stereocenters. The van der Waals surface area contributed by atoms with E-state index in [1.807, 2.05) is 6.07 Å².